The first-order chi connectivity index (χ1) is 7.96. The highest BCUT2D eigenvalue weighted by Crippen LogP contribution is 2.25. The molecule has 6 heteroatoms. The number of halogens is 2. The molecule has 94 valence electrons. The molecule has 0 aromatic carbocycles. The fourth-order valence-corrected chi connectivity index (χ4v) is 1.66. The Morgan fingerprint density at radius 3 is 2.94 bits per heavy atom. The first-order valence-electron chi connectivity index (χ1n) is 5.31. The normalized spacial score (nSPS) is 22.4. The molecule has 1 fully saturated rings. The smallest absolute Gasteiger partial charge is 0.262 e. The maximum atomic E-state index is 12.9. The van der Waals surface area contributed by atoms with Crippen LogP contribution in [0.4, 0.5) is 14.6 Å². The molecule has 1 aromatic heterocycles. The molecule has 17 heavy (non-hydrogen) atoms. The first kappa shape index (κ1) is 11.9. The summed E-state index contributed by atoms with van der Waals surface area (Å²) in [5.74, 6) is -2.90. The minimum Gasteiger partial charge on any atom is -0.309 e. The Kier molecular flexibility index (Phi) is 3.06. The van der Waals surface area contributed by atoms with Crippen molar-refractivity contribution in [3.05, 3.63) is 23.9 Å². The zero-order valence-electron chi connectivity index (χ0n) is 9.34. The zero-order valence-corrected chi connectivity index (χ0v) is 9.34. The van der Waals surface area contributed by atoms with Gasteiger partial charge in [0, 0.05) is 14.0 Å². The summed E-state index contributed by atoms with van der Waals surface area (Å²) in [5, 5.41) is 4.99. The van der Waals surface area contributed by atoms with E-state index in [1.165, 1.54) is 0 Å². The largest absolute Gasteiger partial charge is 0.309 e. The predicted molar refractivity (Wildman–Crippen MR) is 61.1 cm³/mol. The lowest BCUT2D eigenvalue weighted by molar-refractivity contribution is -0.118. The number of nitrogens with one attached hydrogen (secondary N) is 2. The SMILES string of the molecule is Cc1ccc(NC(=O)[C@@H]2CC(F)(F)CN2)nc1.[HH]. The second kappa shape index (κ2) is 4.37. The maximum Gasteiger partial charge on any atom is 0.262 e. The van der Waals surface area contributed by atoms with Crippen molar-refractivity contribution in [3.63, 3.8) is 0 Å². The minimum absolute atomic E-state index is 0. The lowest BCUT2D eigenvalue weighted by Crippen LogP contribution is -2.35. The Morgan fingerprint density at radius 2 is 2.41 bits per heavy atom. The summed E-state index contributed by atoms with van der Waals surface area (Å²) in [5.41, 5.74) is 0.966. The molecule has 0 spiro atoms. The average molecular weight is 243 g/mol. The zero-order chi connectivity index (χ0) is 12.5. The lowest BCUT2D eigenvalue weighted by atomic mass is 10.2. The van der Waals surface area contributed by atoms with Gasteiger partial charge in [-0.1, -0.05) is 6.07 Å². The van der Waals surface area contributed by atoms with E-state index >= 15 is 0 Å². The van der Waals surface area contributed by atoms with Crippen LogP contribution < -0.4 is 10.6 Å². The van der Waals surface area contributed by atoms with Crippen molar-refractivity contribution in [3.8, 4) is 0 Å². The second-order valence-corrected chi connectivity index (χ2v) is 4.20. The summed E-state index contributed by atoms with van der Waals surface area (Å²) in [4.78, 5) is 15.6. The summed E-state index contributed by atoms with van der Waals surface area (Å²) in [6.45, 7) is 1.42. The number of amides is 1. The van der Waals surface area contributed by atoms with Gasteiger partial charge in [-0.05, 0) is 18.6 Å². The molecule has 2 N–H and O–H groups in total. The summed E-state index contributed by atoms with van der Waals surface area (Å²) < 4.78 is 25.8. The van der Waals surface area contributed by atoms with Gasteiger partial charge in [0.05, 0.1) is 12.6 Å². The fourth-order valence-electron chi connectivity index (χ4n) is 1.66. The number of alkyl halides is 2. The number of aromatic nitrogens is 1. The van der Waals surface area contributed by atoms with Crippen molar-refractivity contribution in [2.24, 2.45) is 0 Å². The molecule has 1 aromatic rings. The molecule has 0 aliphatic carbocycles. The van der Waals surface area contributed by atoms with Crippen LogP contribution in [0.3, 0.4) is 0 Å². The summed E-state index contributed by atoms with van der Waals surface area (Å²) in [7, 11) is 0. The van der Waals surface area contributed by atoms with Gasteiger partial charge in [-0.15, -0.1) is 0 Å². The van der Waals surface area contributed by atoms with Gasteiger partial charge in [0.2, 0.25) is 5.91 Å². The highest BCUT2D eigenvalue weighted by atomic mass is 19.3. The number of hydrogen-bond acceptors (Lipinski definition) is 3. The molecule has 0 bridgehead atoms. The van der Waals surface area contributed by atoms with Gasteiger partial charge in [0.1, 0.15) is 5.82 Å². The third-order valence-electron chi connectivity index (χ3n) is 2.59. The van der Waals surface area contributed by atoms with E-state index in [-0.39, 0.29) is 1.43 Å². The van der Waals surface area contributed by atoms with Gasteiger partial charge in [-0.25, -0.2) is 13.8 Å². The number of hydrogen-bond donors (Lipinski definition) is 2. The van der Waals surface area contributed by atoms with Crippen LogP contribution in [0.1, 0.15) is 13.4 Å². The third kappa shape index (κ3) is 2.97. The Hall–Kier alpha value is -1.56. The number of aryl methyl sites for hydroxylation is 1. The molecule has 4 nitrogen and oxygen atoms in total. The van der Waals surface area contributed by atoms with Gasteiger partial charge < -0.3 is 5.32 Å². The number of pyridine rings is 1. The van der Waals surface area contributed by atoms with E-state index in [9.17, 15) is 13.6 Å². The average Bonchev–Trinajstić information content (AvgIpc) is 2.62. The fraction of sp³-hybridized carbons (Fsp3) is 0.455. The Morgan fingerprint density at radius 1 is 1.65 bits per heavy atom. The van der Waals surface area contributed by atoms with Gasteiger partial charge in [-0.2, -0.15) is 0 Å². The van der Waals surface area contributed by atoms with Crippen molar-refractivity contribution >= 4 is 11.7 Å². The maximum absolute atomic E-state index is 12.9. The predicted octanol–water partition coefficient (Wildman–Crippen LogP) is 1.57. The molecule has 1 amide bonds. The molecule has 2 heterocycles. The van der Waals surface area contributed by atoms with Gasteiger partial charge >= 0.3 is 0 Å². The summed E-state index contributed by atoms with van der Waals surface area (Å²) in [6, 6.07) is 2.58. The molecular weight excluding hydrogens is 228 g/mol. The molecule has 1 saturated heterocycles. The Labute approximate surface area is 98.9 Å². The van der Waals surface area contributed by atoms with Crippen LogP contribution in [-0.4, -0.2) is 29.4 Å². The van der Waals surface area contributed by atoms with Gasteiger partial charge in [0.25, 0.3) is 5.92 Å². The number of carbonyl (C=O) groups is 1. The molecule has 1 atom stereocenters. The van der Waals surface area contributed by atoms with Crippen molar-refractivity contribution in [1.82, 2.24) is 10.3 Å². The van der Waals surface area contributed by atoms with E-state index in [4.69, 9.17) is 0 Å². The van der Waals surface area contributed by atoms with Crippen LogP contribution in [-0.2, 0) is 4.79 Å². The van der Waals surface area contributed by atoms with E-state index in [1.54, 1.807) is 18.3 Å². The van der Waals surface area contributed by atoms with E-state index in [0.717, 1.165) is 5.56 Å². The van der Waals surface area contributed by atoms with E-state index < -0.39 is 30.8 Å². The molecule has 1 aliphatic heterocycles. The topological polar surface area (TPSA) is 54.0 Å². The van der Waals surface area contributed by atoms with Crippen LogP contribution in [0.5, 0.6) is 0 Å². The number of rotatable bonds is 2. The summed E-state index contributed by atoms with van der Waals surface area (Å²) in [6.07, 6.45) is 1.14. The van der Waals surface area contributed by atoms with Crippen molar-refractivity contribution in [2.45, 2.75) is 25.3 Å². The second-order valence-electron chi connectivity index (χ2n) is 4.20. The van der Waals surface area contributed by atoms with E-state index in [1.807, 2.05) is 6.92 Å². The van der Waals surface area contributed by atoms with Crippen LogP contribution in [0, 0.1) is 6.92 Å². The molecule has 0 saturated carbocycles. The van der Waals surface area contributed by atoms with E-state index in [2.05, 4.69) is 15.6 Å². The van der Waals surface area contributed by atoms with Crippen molar-refractivity contribution < 1.29 is 15.0 Å². The van der Waals surface area contributed by atoms with Crippen LogP contribution >= 0.6 is 0 Å². The molecule has 1 aliphatic rings. The monoisotopic (exact) mass is 243 g/mol. The van der Waals surface area contributed by atoms with Crippen molar-refractivity contribution in [1.29, 1.82) is 0 Å². The first-order valence-corrected chi connectivity index (χ1v) is 5.31. The standard InChI is InChI=1S/C11H13F2N3O.H2/c1-7-2-3-9(14-5-7)16-10(17)8-4-11(12,13)6-15-8;/h2-3,5,8,15H,4,6H2,1H3,(H,14,16,17);1H/t8-;/m0./s1. The number of nitrogens with zero attached hydrogens (tertiary/aromatic N) is 1. The number of carbonyl (C=O) groups excluding carboxylic acids is 1. The lowest BCUT2D eigenvalue weighted by Gasteiger charge is -2.10. The van der Waals surface area contributed by atoms with Crippen LogP contribution in [0.2, 0.25) is 0 Å². The highest BCUT2D eigenvalue weighted by Gasteiger charge is 2.42. The quantitative estimate of drug-likeness (QED) is 0.829. The van der Waals surface area contributed by atoms with Crippen LogP contribution in [0.15, 0.2) is 18.3 Å². The molecule has 2 rings (SSSR count). The molecular formula is C11H15F2N3O. The molecule has 0 radical (unpaired) electrons. The van der Waals surface area contributed by atoms with Crippen molar-refractivity contribution in [2.75, 3.05) is 11.9 Å². The van der Waals surface area contributed by atoms with E-state index in [0.29, 0.717) is 5.82 Å². The Balaban J connectivity index is 0.00000162. The van der Waals surface area contributed by atoms with Gasteiger partial charge in [0.15, 0.2) is 0 Å². The summed E-state index contributed by atoms with van der Waals surface area (Å²) >= 11 is 0. The highest BCUT2D eigenvalue weighted by molar-refractivity contribution is 5.94. The minimum atomic E-state index is -2.80. The number of anilines is 1. The Bertz CT molecular complexity index is 425. The van der Waals surface area contributed by atoms with Gasteiger partial charge in [-0.3, -0.25) is 10.1 Å². The third-order valence-corrected chi connectivity index (χ3v) is 2.59. The van der Waals surface area contributed by atoms with Crippen LogP contribution in [0.25, 0.3) is 0 Å². The molecule has 0 unspecified atom stereocenters.